The summed E-state index contributed by atoms with van der Waals surface area (Å²) in [5.41, 5.74) is 0. The number of carbonyl (C=O) groups is 1. The van der Waals surface area contributed by atoms with Crippen LogP contribution < -0.4 is 5.32 Å². The number of hydrogen-bond acceptors (Lipinski definition) is 4. The van der Waals surface area contributed by atoms with E-state index in [1.54, 1.807) is 0 Å². The first-order valence-electron chi connectivity index (χ1n) is 7.14. The van der Waals surface area contributed by atoms with Crippen LogP contribution in [0, 0.1) is 23.2 Å². The van der Waals surface area contributed by atoms with E-state index >= 15 is 0 Å². The molecular formula is C14H23N3O2. The Morgan fingerprint density at radius 2 is 2.37 bits per heavy atom. The lowest BCUT2D eigenvalue weighted by atomic mass is 9.96. The highest BCUT2D eigenvalue weighted by Crippen LogP contribution is 2.22. The zero-order valence-corrected chi connectivity index (χ0v) is 11.8. The van der Waals surface area contributed by atoms with Gasteiger partial charge in [0.2, 0.25) is 5.91 Å². The second-order valence-electron chi connectivity index (χ2n) is 5.84. The fourth-order valence-electron chi connectivity index (χ4n) is 2.84. The smallest absolute Gasteiger partial charge is 0.237 e. The molecule has 0 aromatic carbocycles. The van der Waals surface area contributed by atoms with E-state index in [9.17, 15) is 4.79 Å². The molecule has 0 aromatic heterocycles. The number of morpholine rings is 1. The number of carbonyl (C=O) groups excluding carboxylic acids is 1. The lowest BCUT2D eigenvalue weighted by Gasteiger charge is -2.35. The summed E-state index contributed by atoms with van der Waals surface area (Å²) >= 11 is 0. The van der Waals surface area contributed by atoms with Gasteiger partial charge in [-0.05, 0) is 25.3 Å². The third kappa shape index (κ3) is 3.46. The molecule has 0 aliphatic carbocycles. The zero-order valence-electron chi connectivity index (χ0n) is 11.8. The van der Waals surface area contributed by atoms with E-state index in [-0.39, 0.29) is 17.9 Å². The molecule has 0 spiro atoms. The van der Waals surface area contributed by atoms with Crippen molar-refractivity contribution in [2.45, 2.75) is 38.8 Å². The number of rotatable bonds is 4. The maximum absolute atomic E-state index is 11.9. The van der Waals surface area contributed by atoms with Gasteiger partial charge in [0.25, 0.3) is 0 Å². The summed E-state index contributed by atoms with van der Waals surface area (Å²) in [4.78, 5) is 14.3. The maximum Gasteiger partial charge on any atom is 0.237 e. The monoisotopic (exact) mass is 265 g/mol. The molecule has 0 saturated carbocycles. The molecular weight excluding hydrogens is 242 g/mol. The molecule has 0 bridgehead atoms. The van der Waals surface area contributed by atoms with Crippen LogP contribution in [0.25, 0.3) is 0 Å². The quantitative estimate of drug-likeness (QED) is 0.815. The van der Waals surface area contributed by atoms with Crippen molar-refractivity contribution in [3.63, 3.8) is 0 Å². The normalized spacial score (nSPS) is 28.7. The van der Waals surface area contributed by atoms with Crippen LogP contribution >= 0.6 is 0 Å². The number of hydrogen-bond donors (Lipinski definition) is 1. The van der Waals surface area contributed by atoms with Crippen molar-refractivity contribution in [3.8, 4) is 6.07 Å². The summed E-state index contributed by atoms with van der Waals surface area (Å²) in [5.74, 6) is -0.701. The Balaban J connectivity index is 1.76. The number of nitrogens with zero attached hydrogens (tertiary/aromatic N) is 2. The van der Waals surface area contributed by atoms with Crippen LogP contribution in [0.2, 0.25) is 0 Å². The zero-order chi connectivity index (χ0) is 13.8. The minimum atomic E-state index is -0.567. The van der Waals surface area contributed by atoms with Crippen molar-refractivity contribution in [2.75, 3.05) is 26.2 Å². The minimum absolute atomic E-state index is 0.0419. The topological polar surface area (TPSA) is 65.4 Å². The third-order valence-corrected chi connectivity index (χ3v) is 4.05. The van der Waals surface area contributed by atoms with Crippen molar-refractivity contribution >= 4 is 5.91 Å². The van der Waals surface area contributed by atoms with Gasteiger partial charge in [0, 0.05) is 19.1 Å². The van der Waals surface area contributed by atoms with Gasteiger partial charge in [-0.1, -0.05) is 13.8 Å². The van der Waals surface area contributed by atoms with Crippen molar-refractivity contribution < 1.29 is 9.53 Å². The molecule has 2 heterocycles. The maximum atomic E-state index is 11.9. The molecule has 2 rings (SSSR count). The number of nitriles is 1. The lowest BCUT2D eigenvalue weighted by Crippen LogP contribution is -2.50. The molecule has 5 heteroatoms. The van der Waals surface area contributed by atoms with E-state index in [4.69, 9.17) is 10.00 Å². The molecule has 2 fully saturated rings. The fraction of sp³-hybridized carbons (Fsp3) is 0.857. The Hall–Kier alpha value is -1.12. The first-order chi connectivity index (χ1) is 9.11. The summed E-state index contributed by atoms with van der Waals surface area (Å²) in [7, 11) is 0. The number of ether oxygens (including phenoxy) is 1. The van der Waals surface area contributed by atoms with Crippen LogP contribution in [-0.4, -0.2) is 49.2 Å². The van der Waals surface area contributed by atoms with Gasteiger partial charge in [0.05, 0.1) is 18.8 Å². The van der Waals surface area contributed by atoms with E-state index in [2.05, 4.69) is 16.3 Å². The van der Waals surface area contributed by atoms with Crippen LogP contribution in [0.1, 0.15) is 26.7 Å². The SMILES string of the molecule is CC(C)C(C#N)C(=O)NCC1CN2CCCC2CO1. The molecule has 0 radical (unpaired) electrons. The van der Waals surface area contributed by atoms with Gasteiger partial charge in [-0.15, -0.1) is 0 Å². The number of amides is 1. The highest BCUT2D eigenvalue weighted by Gasteiger charge is 2.32. The van der Waals surface area contributed by atoms with Gasteiger partial charge in [-0.25, -0.2) is 0 Å². The fourth-order valence-corrected chi connectivity index (χ4v) is 2.84. The number of nitrogens with one attached hydrogen (secondary N) is 1. The average molecular weight is 265 g/mol. The Morgan fingerprint density at radius 3 is 3.05 bits per heavy atom. The Kier molecular flexibility index (Phi) is 4.78. The molecule has 1 N–H and O–H groups in total. The molecule has 2 aliphatic rings. The first-order valence-corrected chi connectivity index (χ1v) is 7.14. The van der Waals surface area contributed by atoms with Gasteiger partial charge >= 0.3 is 0 Å². The Bertz CT molecular complexity index is 364. The highest BCUT2D eigenvalue weighted by atomic mass is 16.5. The van der Waals surface area contributed by atoms with Crippen LogP contribution in [0.5, 0.6) is 0 Å². The van der Waals surface area contributed by atoms with Crippen molar-refractivity contribution in [1.82, 2.24) is 10.2 Å². The van der Waals surface area contributed by atoms with Gasteiger partial charge in [-0.3, -0.25) is 9.69 Å². The van der Waals surface area contributed by atoms with Gasteiger partial charge in [-0.2, -0.15) is 5.26 Å². The predicted molar refractivity (Wildman–Crippen MR) is 71.3 cm³/mol. The summed E-state index contributed by atoms with van der Waals surface area (Å²) in [6.07, 6.45) is 2.53. The number of fused-ring (bicyclic) bond motifs is 1. The molecule has 1 amide bonds. The molecule has 19 heavy (non-hydrogen) atoms. The lowest BCUT2D eigenvalue weighted by molar-refractivity contribution is -0.125. The van der Waals surface area contributed by atoms with Crippen molar-refractivity contribution in [3.05, 3.63) is 0 Å². The highest BCUT2D eigenvalue weighted by molar-refractivity contribution is 5.81. The van der Waals surface area contributed by atoms with Crippen molar-refractivity contribution in [1.29, 1.82) is 5.26 Å². The Morgan fingerprint density at radius 1 is 1.58 bits per heavy atom. The van der Waals surface area contributed by atoms with Crippen LogP contribution in [0.15, 0.2) is 0 Å². The molecule has 0 aromatic rings. The van der Waals surface area contributed by atoms with E-state index < -0.39 is 5.92 Å². The molecule has 2 saturated heterocycles. The van der Waals surface area contributed by atoms with Gasteiger partial charge in [0.15, 0.2) is 0 Å². The van der Waals surface area contributed by atoms with Crippen LogP contribution in [-0.2, 0) is 9.53 Å². The molecule has 3 atom stereocenters. The molecule has 106 valence electrons. The predicted octanol–water partition coefficient (Wildman–Crippen LogP) is 0.762. The van der Waals surface area contributed by atoms with Crippen LogP contribution in [0.4, 0.5) is 0 Å². The van der Waals surface area contributed by atoms with Crippen molar-refractivity contribution in [2.24, 2.45) is 11.8 Å². The van der Waals surface area contributed by atoms with Gasteiger partial charge in [0.1, 0.15) is 5.92 Å². The first kappa shape index (κ1) is 14.3. The average Bonchev–Trinajstić information content (AvgIpc) is 2.84. The summed E-state index contributed by atoms with van der Waals surface area (Å²) in [6.45, 7) is 7.09. The van der Waals surface area contributed by atoms with E-state index in [0.29, 0.717) is 12.6 Å². The Labute approximate surface area is 114 Å². The van der Waals surface area contributed by atoms with E-state index in [0.717, 1.165) is 19.7 Å². The molecule has 5 nitrogen and oxygen atoms in total. The largest absolute Gasteiger partial charge is 0.373 e. The second kappa shape index (κ2) is 6.36. The second-order valence-corrected chi connectivity index (χ2v) is 5.84. The minimum Gasteiger partial charge on any atom is -0.373 e. The summed E-state index contributed by atoms with van der Waals surface area (Å²) in [6, 6.07) is 2.64. The van der Waals surface area contributed by atoms with Gasteiger partial charge < -0.3 is 10.1 Å². The van der Waals surface area contributed by atoms with E-state index in [1.807, 2.05) is 13.8 Å². The third-order valence-electron chi connectivity index (χ3n) is 4.05. The molecule has 3 unspecified atom stereocenters. The summed E-state index contributed by atoms with van der Waals surface area (Å²) < 4.78 is 5.78. The summed E-state index contributed by atoms with van der Waals surface area (Å²) in [5, 5.41) is 11.8. The molecule has 2 aliphatic heterocycles. The van der Waals surface area contributed by atoms with Crippen LogP contribution in [0.3, 0.4) is 0 Å². The van der Waals surface area contributed by atoms with E-state index in [1.165, 1.54) is 12.8 Å². The standard InChI is InChI=1S/C14H23N3O2/c1-10(2)13(6-15)14(18)16-7-12-8-17-5-3-4-11(17)9-19-12/h10-13H,3-5,7-9H2,1-2H3,(H,16,18).